The molecule has 0 aromatic heterocycles. The minimum atomic E-state index is 0.327. The number of hydrogen-bond acceptors (Lipinski definition) is 4. The molecule has 2 rings (SSSR count). The highest BCUT2D eigenvalue weighted by Crippen LogP contribution is 2.23. The molecule has 1 atom stereocenters. The maximum absolute atomic E-state index is 5.71. The van der Waals surface area contributed by atoms with Gasteiger partial charge in [0.15, 0.2) is 0 Å². The summed E-state index contributed by atoms with van der Waals surface area (Å²) in [4.78, 5) is 2.81. The van der Waals surface area contributed by atoms with Crippen LogP contribution in [0.3, 0.4) is 0 Å². The van der Waals surface area contributed by atoms with Crippen molar-refractivity contribution in [2.75, 3.05) is 27.3 Å². The first-order valence-electron chi connectivity index (χ1n) is 6.86. The molecule has 1 aromatic rings. The third-order valence-corrected chi connectivity index (χ3v) is 3.99. The molecule has 0 bridgehead atoms. The van der Waals surface area contributed by atoms with E-state index >= 15 is 0 Å². The molecule has 1 aliphatic rings. The van der Waals surface area contributed by atoms with Gasteiger partial charge >= 0.3 is 0 Å². The van der Waals surface area contributed by atoms with Crippen molar-refractivity contribution in [1.82, 2.24) is 4.90 Å². The van der Waals surface area contributed by atoms with E-state index in [2.05, 4.69) is 4.90 Å². The molecular formula is C15H22N2O2S. The van der Waals surface area contributed by atoms with Crippen LogP contribution in [0.15, 0.2) is 18.2 Å². The van der Waals surface area contributed by atoms with Gasteiger partial charge in [-0.3, -0.25) is 4.90 Å². The Balaban J connectivity index is 2.14. The SMILES string of the molecule is COc1ccc(C(N)=S)cc1CN1CCCC(OC)C1. The van der Waals surface area contributed by atoms with Crippen LogP contribution in [0, 0.1) is 0 Å². The maximum Gasteiger partial charge on any atom is 0.123 e. The summed E-state index contributed by atoms with van der Waals surface area (Å²) in [6.45, 7) is 2.87. The van der Waals surface area contributed by atoms with Gasteiger partial charge in [0.1, 0.15) is 10.7 Å². The molecule has 5 heteroatoms. The molecular weight excluding hydrogens is 272 g/mol. The first-order chi connectivity index (χ1) is 9.63. The lowest BCUT2D eigenvalue weighted by atomic mass is 10.1. The summed E-state index contributed by atoms with van der Waals surface area (Å²) in [5, 5.41) is 0. The van der Waals surface area contributed by atoms with E-state index in [9.17, 15) is 0 Å². The van der Waals surface area contributed by atoms with Crippen molar-refractivity contribution < 1.29 is 9.47 Å². The monoisotopic (exact) mass is 294 g/mol. The second kappa shape index (κ2) is 7.02. The number of benzene rings is 1. The number of likely N-dealkylation sites (tertiary alicyclic amines) is 1. The van der Waals surface area contributed by atoms with Crippen LogP contribution in [0.1, 0.15) is 24.0 Å². The van der Waals surface area contributed by atoms with E-state index in [1.54, 1.807) is 14.2 Å². The van der Waals surface area contributed by atoms with Crippen LogP contribution < -0.4 is 10.5 Å². The summed E-state index contributed by atoms with van der Waals surface area (Å²) in [6, 6.07) is 5.86. The van der Waals surface area contributed by atoms with Gasteiger partial charge in [0.2, 0.25) is 0 Å². The minimum absolute atomic E-state index is 0.327. The quantitative estimate of drug-likeness (QED) is 0.841. The largest absolute Gasteiger partial charge is 0.496 e. The Morgan fingerprint density at radius 3 is 2.90 bits per heavy atom. The molecule has 1 aliphatic heterocycles. The summed E-state index contributed by atoms with van der Waals surface area (Å²) in [6.07, 6.45) is 2.63. The fourth-order valence-electron chi connectivity index (χ4n) is 2.65. The normalized spacial score (nSPS) is 19.8. The summed E-state index contributed by atoms with van der Waals surface area (Å²) < 4.78 is 10.9. The molecule has 1 aromatic carbocycles. The first-order valence-corrected chi connectivity index (χ1v) is 7.26. The highest BCUT2D eigenvalue weighted by molar-refractivity contribution is 7.80. The fourth-order valence-corrected chi connectivity index (χ4v) is 2.77. The molecule has 0 radical (unpaired) electrons. The summed E-state index contributed by atoms with van der Waals surface area (Å²) in [5.74, 6) is 0.879. The first kappa shape index (κ1) is 15.2. The lowest BCUT2D eigenvalue weighted by Crippen LogP contribution is -2.38. The molecule has 4 nitrogen and oxygen atoms in total. The van der Waals surface area contributed by atoms with Gasteiger partial charge in [-0.15, -0.1) is 0 Å². The van der Waals surface area contributed by atoms with Crippen molar-refractivity contribution in [3.05, 3.63) is 29.3 Å². The summed E-state index contributed by atoms with van der Waals surface area (Å²) >= 11 is 5.05. The van der Waals surface area contributed by atoms with Crippen molar-refractivity contribution in [1.29, 1.82) is 0 Å². The van der Waals surface area contributed by atoms with Gasteiger partial charge in [0.05, 0.1) is 13.2 Å². The molecule has 110 valence electrons. The van der Waals surface area contributed by atoms with Crippen LogP contribution in [0.25, 0.3) is 0 Å². The summed E-state index contributed by atoms with van der Waals surface area (Å²) in [7, 11) is 3.47. The van der Waals surface area contributed by atoms with Crippen molar-refractivity contribution >= 4 is 17.2 Å². The molecule has 0 spiro atoms. The zero-order valence-electron chi connectivity index (χ0n) is 12.1. The standard InChI is InChI=1S/C15H22N2O2S/c1-18-13-4-3-7-17(10-13)9-12-8-11(15(16)20)5-6-14(12)19-2/h5-6,8,13H,3-4,7,9-10H2,1-2H3,(H2,16,20). The lowest BCUT2D eigenvalue weighted by molar-refractivity contribution is 0.0283. The van der Waals surface area contributed by atoms with Crippen molar-refractivity contribution in [3.63, 3.8) is 0 Å². The number of methoxy groups -OCH3 is 2. The van der Waals surface area contributed by atoms with E-state index in [0.717, 1.165) is 49.4 Å². The predicted molar refractivity (Wildman–Crippen MR) is 84.2 cm³/mol. The number of hydrogen-bond donors (Lipinski definition) is 1. The third-order valence-electron chi connectivity index (χ3n) is 3.75. The predicted octanol–water partition coefficient (Wildman–Crippen LogP) is 1.94. The zero-order valence-corrected chi connectivity index (χ0v) is 12.9. The van der Waals surface area contributed by atoms with Crippen LogP contribution in [0.2, 0.25) is 0 Å². The Morgan fingerprint density at radius 2 is 2.25 bits per heavy atom. The van der Waals surface area contributed by atoms with E-state index in [0.29, 0.717) is 11.1 Å². The number of piperidine rings is 1. The van der Waals surface area contributed by atoms with Crippen molar-refractivity contribution in [2.45, 2.75) is 25.5 Å². The van der Waals surface area contributed by atoms with E-state index in [1.165, 1.54) is 0 Å². The number of nitrogens with two attached hydrogens (primary N) is 1. The Morgan fingerprint density at radius 1 is 1.45 bits per heavy atom. The second-order valence-corrected chi connectivity index (χ2v) is 5.57. The van der Waals surface area contributed by atoms with Gasteiger partial charge in [0.25, 0.3) is 0 Å². The van der Waals surface area contributed by atoms with Crippen LogP contribution in [0.5, 0.6) is 5.75 Å². The van der Waals surface area contributed by atoms with Crippen LogP contribution >= 0.6 is 12.2 Å². The third kappa shape index (κ3) is 3.69. The molecule has 1 heterocycles. The maximum atomic E-state index is 5.71. The molecule has 2 N–H and O–H groups in total. The van der Waals surface area contributed by atoms with E-state index < -0.39 is 0 Å². The Bertz CT molecular complexity index is 479. The highest BCUT2D eigenvalue weighted by Gasteiger charge is 2.20. The van der Waals surface area contributed by atoms with E-state index in [4.69, 9.17) is 27.4 Å². The lowest BCUT2D eigenvalue weighted by Gasteiger charge is -2.32. The van der Waals surface area contributed by atoms with Crippen molar-refractivity contribution in [2.24, 2.45) is 5.73 Å². The van der Waals surface area contributed by atoms with Gasteiger partial charge in [-0.25, -0.2) is 0 Å². The number of thiocarbonyl (C=S) groups is 1. The molecule has 0 aliphatic carbocycles. The Kier molecular flexibility index (Phi) is 5.34. The summed E-state index contributed by atoms with van der Waals surface area (Å²) in [5.41, 5.74) is 7.71. The minimum Gasteiger partial charge on any atom is -0.496 e. The topological polar surface area (TPSA) is 47.7 Å². The molecule has 1 saturated heterocycles. The van der Waals surface area contributed by atoms with Crippen LogP contribution in [0.4, 0.5) is 0 Å². The second-order valence-electron chi connectivity index (χ2n) is 5.13. The molecule has 0 amide bonds. The number of ether oxygens (including phenoxy) is 2. The zero-order chi connectivity index (χ0) is 14.5. The molecule has 1 unspecified atom stereocenters. The van der Waals surface area contributed by atoms with Gasteiger partial charge in [-0.05, 0) is 37.6 Å². The van der Waals surface area contributed by atoms with E-state index in [1.807, 2.05) is 18.2 Å². The highest BCUT2D eigenvalue weighted by atomic mass is 32.1. The fraction of sp³-hybridized carbons (Fsp3) is 0.533. The van der Waals surface area contributed by atoms with Crippen LogP contribution in [-0.4, -0.2) is 43.3 Å². The Hall–Kier alpha value is -1.17. The smallest absolute Gasteiger partial charge is 0.123 e. The Labute approximate surface area is 125 Å². The van der Waals surface area contributed by atoms with Gasteiger partial charge in [0, 0.05) is 31.3 Å². The van der Waals surface area contributed by atoms with Gasteiger partial charge in [-0.2, -0.15) is 0 Å². The number of nitrogens with zero attached hydrogens (tertiary/aromatic N) is 1. The molecule has 20 heavy (non-hydrogen) atoms. The average molecular weight is 294 g/mol. The van der Waals surface area contributed by atoms with Crippen LogP contribution in [-0.2, 0) is 11.3 Å². The van der Waals surface area contributed by atoms with Gasteiger partial charge < -0.3 is 15.2 Å². The number of rotatable bonds is 5. The van der Waals surface area contributed by atoms with Gasteiger partial charge in [-0.1, -0.05) is 12.2 Å². The average Bonchev–Trinajstić information content (AvgIpc) is 2.47. The van der Waals surface area contributed by atoms with E-state index in [-0.39, 0.29) is 0 Å². The molecule has 0 saturated carbocycles. The van der Waals surface area contributed by atoms with Crippen molar-refractivity contribution in [3.8, 4) is 5.75 Å². The molecule has 1 fully saturated rings.